The van der Waals surface area contributed by atoms with Crippen molar-refractivity contribution >= 4 is 28.7 Å². The van der Waals surface area contributed by atoms with Crippen molar-refractivity contribution in [2.45, 2.75) is 19.4 Å². The van der Waals surface area contributed by atoms with Gasteiger partial charge in [0.15, 0.2) is 0 Å². The lowest BCUT2D eigenvalue weighted by molar-refractivity contribution is 0.518. The van der Waals surface area contributed by atoms with Gasteiger partial charge in [0.1, 0.15) is 5.82 Å². The number of nitrogens with zero attached hydrogens (tertiary/aromatic N) is 1. The summed E-state index contributed by atoms with van der Waals surface area (Å²) >= 11 is 1.91. The Labute approximate surface area is 95.4 Å². The molecule has 1 aromatic rings. The van der Waals surface area contributed by atoms with E-state index in [4.69, 9.17) is 0 Å². The minimum Gasteiger partial charge on any atom is -0.211 e. The molecule has 1 aromatic carbocycles. The fraction of sp³-hybridized carbons (Fsp3) is 0.300. The maximum absolute atomic E-state index is 13.2. The van der Waals surface area contributed by atoms with E-state index in [0.29, 0.717) is 9.13 Å². The topological polar surface area (TPSA) is 29.4 Å². The number of hydrogen-bond donors (Lipinski definition) is 0. The van der Waals surface area contributed by atoms with Crippen molar-refractivity contribution in [1.82, 2.24) is 0 Å². The summed E-state index contributed by atoms with van der Waals surface area (Å²) in [6.45, 7) is 3.47. The van der Waals surface area contributed by atoms with Gasteiger partial charge in [-0.1, -0.05) is 6.07 Å². The van der Waals surface area contributed by atoms with E-state index in [1.807, 2.05) is 22.6 Å². The largest absolute Gasteiger partial charge is 0.235 e. The Morgan fingerprint density at radius 1 is 1.50 bits per heavy atom. The summed E-state index contributed by atoms with van der Waals surface area (Å²) in [5, 5.41) is 0. The fourth-order valence-corrected chi connectivity index (χ4v) is 1.39. The number of rotatable bonds is 2. The molecule has 0 N–H and O–H groups in total. The van der Waals surface area contributed by atoms with E-state index in [9.17, 15) is 9.18 Å². The second-order valence-electron chi connectivity index (χ2n) is 3.39. The molecule has 0 spiro atoms. The van der Waals surface area contributed by atoms with Crippen molar-refractivity contribution in [1.29, 1.82) is 0 Å². The molecule has 0 aliphatic heterocycles. The van der Waals surface area contributed by atoms with Gasteiger partial charge in [0.05, 0.1) is 5.54 Å². The molecule has 0 saturated carbocycles. The van der Waals surface area contributed by atoms with Gasteiger partial charge in [-0.2, -0.15) is 4.99 Å². The van der Waals surface area contributed by atoms with Crippen molar-refractivity contribution in [3.05, 3.63) is 33.1 Å². The Hall–Kier alpha value is -0.740. The SMILES string of the molecule is CC(C)(N=C=O)c1ccc(I)c(F)c1. The van der Waals surface area contributed by atoms with Gasteiger partial charge in [0.25, 0.3) is 0 Å². The van der Waals surface area contributed by atoms with Crippen LogP contribution in [0.1, 0.15) is 19.4 Å². The zero-order valence-electron chi connectivity index (χ0n) is 7.84. The highest BCUT2D eigenvalue weighted by Crippen LogP contribution is 2.26. The lowest BCUT2D eigenvalue weighted by Crippen LogP contribution is -2.13. The second kappa shape index (κ2) is 4.19. The van der Waals surface area contributed by atoms with Gasteiger partial charge in [-0.25, -0.2) is 9.18 Å². The predicted octanol–water partition coefficient (Wildman–Crippen LogP) is 3.00. The van der Waals surface area contributed by atoms with E-state index in [0.717, 1.165) is 0 Å². The first-order valence-electron chi connectivity index (χ1n) is 4.02. The lowest BCUT2D eigenvalue weighted by atomic mass is 9.95. The van der Waals surface area contributed by atoms with E-state index in [1.54, 1.807) is 26.0 Å². The normalized spacial score (nSPS) is 10.9. The van der Waals surface area contributed by atoms with E-state index < -0.39 is 5.54 Å². The van der Waals surface area contributed by atoms with Gasteiger partial charge in [-0.3, -0.25) is 0 Å². The Morgan fingerprint density at radius 3 is 2.64 bits per heavy atom. The molecule has 0 aliphatic carbocycles. The third-order valence-corrected chi connectivity index (χ3v) is 2.83. The van der Waals surface area contributed by atoms with Gasteiger partial charge in [0.2, 0.25) is 6.08 Å². The molecule has 0 unspecified atom stereocenters. The van der Waals surface area contributed by atoms with E-state index in [-0.39, 0.29) is 5.82 Å². The van der Waals surface area contributed by atoms with Gasteiger partial charge >= 0.3 is 0 Å². The maximum atomic E-state index is 13.2. The van der Waals surface area contributed by atoms with Crippen LogP contribution in [-0.4, -0.2) is 6.08 Å². The van der Waals surface area contributed by atoms with Crippen molar-refractivity contribution in [3.8, 4) is 0 Å². The summed E-state index contributed by atoms with van der Waals surface area (Å²) in [5.74, 6) is -0.294. The summed E-state index contributed by atoms with van der Waals surface area (Å²) in [6.07, 6.45) is 1.49. The molecule has 1 rings (SSSR count). The number of halogens is 2. The summed E-state index contributed by atoms with van der Waals surface area (Å²) < 4.78 is 13.8. The predicted molar refractivity (Wildman–Crippen MR) is 60.3 cm³/mol. The average Bonchev–Trinajstić information content (AvgIpc) is 2.09. The highest BCUT2D eigenvalue weighted by Gasteiger charge is 2.20. The van der Waals surface area contributed by atoms with Crippen LogP contribution >= 0.6 is 22.6 Å². The van der Waals surface area contributed by atoms with E-state index >= 15 is 0 Å². The van der Waals surface area contributed by atoms with Crippen molar-refractivity contribution in [2.75, 3.05) is 0 Å². The highest BCUT2D eigenvalue weighted by atomic mass is 127. The quantitative estimate of drug-likeness (QED) is 0.469. The van der Waals surface area contributed by atoms with Crippen LogP contribution in [0.2, 0.25) is 0 Å². The van der Waals surface area contributed by atoms with Crippen molar-refractivity contribution < 1.29 is 9.18 Å². The number of carbonyl (C=O) groups excluding carboxylic acids is 1. The van der Waals surface area contributed by atoms with Crippen LogP contribution in [0.25, 0.3) is 0 Å². The molecule has 4 heteroatoms. The van der Waals surface area contributed by atoms with Gasteiger partial charge in [-0.05, 0) is 54.1 Å². The van der Waals surface area contributed by atoms with Gasteiger partial charge in [-0.15, -0.1) is 0 Å². The molecule has 2 nitrogen and oxygen atoms in total. The summed E-state index contributed by atoms with van der Waals surface area (Å²) in [5.41, 5.74) is -0.0498. The minimum atomic E-state index is -0.715. The molecule has 0 heterocycles. The second-order valence-corrected chi connectivity index (χ2v) is 4.55. The molecule has 0 amide bonds. The Kier molecular flexibility index (Phi) is 3.39. The molecule has 0 radical (unpaired) electrons. The number of isocyanates is 1. The zero-order chi connectivity index (χ0) is 10.8. The maximum Gasteiger partial charge on any atom is 0.235 e. The van der Waals surface area contributed by atoms with Gasteiger partial charge in [0, 0.05) is 3.57 Å². The molecule has 0 bridgehead atoms. The van der Waals surface area contributed by atoms with Crippen LogP contribution in [0.5, 0.6) is 0 Å². The number of hydrogen-bond acceptors (Lipinski definition) is 2. The zero-order valence-corrected chi connectivity index (χ0v) is 10.0. The molecule has 0 saturated heterocycles. The average molecular weight is 305 g/mol. The summed E-state index contributed by atoms with van der Waals surface area (Å²) in [4.78, 5) is 13.8. The monoisotopic (exact) mass is 305 g/mol. The third kappa shape index (κ3) is 2.39. The van der Waals surface area contributed by atoms with Crippen LogP contribution in [0.3, 0.4) is 0 Å². The van der Waals surface area contributed by atoms with E-state index in [2.05, 4.69) is 4.99 Å². The van der Waals surface area contributed by atoms with Crippen molar-refractivity contribution in [2.24, 2.45) is 4.99 Å². The molecular weight excluding hydrogens is 296 g/mol. The van der Waals surface area contributed by atoms with Crippen LogP contribution in [-0.2, 0) is 10.3 Å². The summed E-state index contributed by atoms with van der Waals surface area (Å²) in [6, 6.07) is 4.81. The molecule has 0 aliphatic rings. The molecule has 0 aromatic heterocycles. The Balaban J connectivity index is 3.20. The lowest BCUT2D eigenvalue weighted by Gasteiger charge is -2.17. The minimum absolute atomic E-state index is 0.294. The van der Waals surface area contributed by atoms with Crippen LogP contribution < -0.4 is 0 Å². The van der Waals surface area contributed by atoms with Crippen molar-refractivity contribution in [3.63, 3.8) is 0 Å². The fourth-order valence-electron chi connectivity index (χ4n) is 1.06. The first kappa shape index (κ1) is 11.3. The van der Waals surface area contributed by atoms with Crippen LogP contribution in [0.15, 0.2) is 23.2 Å². The molecule has 0 fully saturated rings. The molecule has 74 valence electrons. The first-order chi connectivity index (χ1) is 6.47. The molecule has 14 heavy (non-hydrogen) atoms. The Morgan fingerprint density at radius 2 is 2.14 bits per heavy atom. The first-order valence-corrected chi connectivity index (χ1v) is 5.10. The third-order valence-electron chi connectivity index (χ3n) is 1.95. The molecule has 0 atom stereocenters. The number of benzene rings is 1. The smallest absolute Gasteiger partial charge is 0.211 e. The van der Waals surface area contributed by atoms with Gasteiger partial charge < -0.3 is 0 Å². The molecular formula is C10H9FINO. The van der Waals surface area contributed by atoms with Crippen LogP contribution in [0, 0.1) is 9.39 Å². The number of aliphatic imine (C=N–C) groups is 1. The summed E-state index contributed by atoms with van der Waals surface area (Å²) in [7, 11) is 0. The van der Waals surface area contributed by atoms with E-state index in [1.165, 1.54) is 12.1 Å². The Bertz CT molecular complexity index is 397. The van der Waals surface area contributed by atoms with Crippen LogP contribution in [0.4, 0.5) is 4.39 Å². The standard InChI is InChI=1S/C10H9FINO/c1-10(2,13-6-14)7-3-4-9(12)8(11)5-7/h3-5H,1-2H3. The highest BCUT2D eigenvalue weighted by molar-refractivity contribution is 14.1.